The van der Waals surface area contributed by atoms with E-state index in [2.05, 4.69) is 90.2 Å². The Balaban J connectivity index is 0.000000360. The topological polar surface area (TPSA) is 0 Å². The first kappa shape index (κ1) is 60.2. The van der Waals surface area contributed by atoms with Gasteiger partial charge in [0.25, 0.3) is 0 Å². The molecule has 60 heavy (non-hydrogen) atoms. The summed E-state index contributed by atoms with van der Waals surface area (Å²) in [6.07, 6.45) is 29.1. The molecule has 0 saturated carbocycles. The Morgan fingerprint density at radius 3 is 1.32 bits per heavy atom. The zero-order valence-corrected chi connectivity index (χ0v) is 47.0. The standard InChI is InChI=1S/5C8H12Cl2.C7H9Cl3/c3*1-6-3-4-7(5-6)8(2,9)10;2*1-6-4-3-5-7(6)8(2,9)10;1-5-3-2-4-6(5)7(8,9)10/h5-6H,3-4H2,1-2H3;4,6H,3,5H2,1-2H3;3-4,6-7H,5H2,1-2H3;5-6H,3-4H2,1-2H3;3-4,6-7H,5H2,1-2H3;2,4-6H,3H2,1H3. The van der Waals surface area contributed by atoms with Crippen molar-refractivity contribution in [3.05, 3.63) is 71.4 Å². The largest absolute Gasteiger partial charge is 0.197 e. The highest BCUT2D eigenvalue weighted by Crippen LogP contribution is 2.45. The molecule has 0 bridgehead atoms. The van der Waals surface area contributed by atoms with Gasteiger partial charge in [0.1, 0.15) is 21.7 Å². The van der Waals surface area contributed by atoms with Crippen LogP contribution in [0.15, 0.2) is 71.4 Å². The molecule has 6 aliphatic carbocycles. The predicted molar refractivity (Wildman–Crippen MR) is 280 cm³/mol. The molecule has 0 saturated heterocycles. The average molecular weight is 1090 g/mol. The van der Waals surface area contributed by atoms with Crippen LogP contribution >= 0.6 is 151 Å². The lowest BCUT2D eigenvalue weighted by Crippen LogP contribution is -2.24. The van der Waals surface area contributed by atoms with E-state index in [9.17, 15) is 0 Å². The smallest absolute Gasteiger partial charge is 0.102 e. The van der Waals surface area contributed by atoms with E-state index in [0.29, 0.717) is 41.4 Å². The highest BCUT2D eigenvalue weighted by atomic mass is 35.6. The summed E-state index contributed by atoms with van der Waals surface area (Å²) in [7, 11) is 0. The first-order valence-electron chi connectivity index (χ1n) is 21.1. The maximum Gasteiger partial charge on any atom is 0.197 e. The van der Waals surface area contributed by atoms with Gasteiger partial charge in [-0.05, 0) is 145 Å². The third-order valence-corrected chi connectivity index (χ3v) is 15.0. The van der Waals surface area contributed by atoms with Gasteiger partial charge in [-0.2, -0.15) is 0 Å². The molecule has 6 aliphatic rings. The molecule has 13 heteroatoms. The van der Waals surface area contributed by atoms with Crippen molar-refractivity contribution >= 4 is 151 Å². The molecule has 0 amide bonds. The molecule has 0 aromatic carbocycles. The van der Waals surface area contributed by atoms with Crippen molar-refractivity contribution in [2.75, 3.05) is 0 Å². The number of alkyl halides is 13. The molecular formula is C47H69Cl13. The van der Waals surface area contributed by atoms with E-state index in [1.54, 1.807) is 0 Å². The fourth-order valence-corrected chi connectivity index (χ4v) is 10.8. The Kier molecular flexibility index (Phi) is 26.2. The number of hydrogen-bond donors (Lipinski definition) is 0. The summed E-state index contributed by atoms with van der Waals surface area (Å²) in [5.41, 5.74) is 3.56. The molecule has 6 rings (SSSR count). The van der Waals surface area contributed by atoms with E-state index in [0.717, 1.165) is 50.9 Å². The minimum absolute atomic E-state index is 0.0949. The van der Waals surface area contributed by atoms with Crippen LogP contribution in [0.1, 0.15) is 134 Å². The number of hydrogen-bond acceptors (Lipinski definition) is 0. The zero-order valence-electron chi connectivity index (χ0n) is 37.2. The summed E-state index contributed by atoms with van der Waals surface area (Å²) in [4.78, 5) is 0. The van der Waals surface area contributed by atoms with Gasteiger partial charge >= 0.3 is 0 Å². The number of allylic oxidation sites excluding steroid dienone is 12. The summed E-state index contributed by atoms with van der Waals surface area (Å²) < 4.78 is -4.18. The Bertz CT molecular complexity index is 1470. The highest BCUT2D eigenvalue weighted by Gasteiger charge is 2.37. The molecule has 0 spiro atoms. The third-order valence-electron chi connectivity index (χ3n) is 11.7. The second-order valence-electron chi connectivity index (χ2n) is 18.2. The van der Waals surface area contributed by atoms with Gasteiger partial charge < -0.3 is 0 Å². The lowest BCUT2D eigenvalue weighted by atomic mass is 9.94. The van der Waals surface area contributed by atoms with Crippen molar-refractivity contribution in [3.63, 3.8) is 0 Å². The Labute approximate surface area is 430 Å². The van der Waals surface area contributed by atoms with Crippen LogP contribution in [-0.4, -0.2) is 25.5 Å². The lowest BCUT2D eigenvalue weighted by molar-refractivity contribution is 0.417. The van der Waals surface area contributed by atoms with Gasteiger partial charge in [0.15, 0.2) is 3.79 Å². The zero-order chi connectivity index (χ0) is 46.7. The quantitative estimate of drug-likeness (QED) is 0.190. The Morgan fingerprint density at radius 2 is 1.12 bits per heavy atom. The van der Waals surface area contributed by atoms with Gasteiger partial charge in [0.2, 0.25) is 0 Å². The fourth-order valence-electron chi connectivity index (χ4n) is 7.88. The van der Waals surface area contributed by atoms with Crippen LogP contribution < -0.4 is 0 Å². The molecule has 0 aromatic heterocycles. The van der Waals surface area contributed by atoms with Gasteiger partial charge in [0, 0.05) is 17.8 Å². The van der Waals surface area contributed by atoms with Crippen LogP contribution in [-0.2, 0) is 0 Å². The predicted octanol–water partition coefficient (Wildman–Crippen LogP) is 21.0. The second-order valence-corrected chi connectivity index (χ2v) is 29.3. The summed E-state index contributed by atoms with van der Waals surface area (Å²) >= 11 is 76.4. The summed E-state index contributed by atoms with van der Waals surface area (Å²) in [6.45, 7) is 22.2. The molecule has 9 unspecified atom stereocenters. The maximum atomic E-state index is 5.96. The second kappa shape index (κ2) is 26.1. The fraction of sp³-hybridized carbons (Fsp3) is 0.745. The van der Waals surface area contributed by atoms with Gasteiger partial charge in [-0.1, -0.05) is 201 Å². The van der Waals surface area contributed by atoms with Crippen LogP contribution in [0.25, 0.3) is 0 Å². The van der Waals surface area contributed by atoms with Crippen LogP contribution in [0.4, 0.5) is 0 Å². The van der Waals surface area contributed by atoms with E-state index in [-0.39, 0.29) is 5.92 Å². The van der Waals surface area contributed by atoms with E-state index < -0.39 is 25.5 Å². The number of rotatable bonds is 5. The van der Waals surface area contributed by atoms with E-state index in [1.807, 2.05) is 40.7 Å². The van der Waals surface area contributed by atoms with Crippen LogP contribution in [0.3, 0.4) is 0 Å². The third kappa shape index (κ3) is 23.3. The SMILES string of the molecule is CC1C=C(C(C)(Cl)Cl)CC1.CC1C=CC(C(C)(Cl)Cl)C1.CC1C=CCC1C(C)(Cl)Cl.CC1CC=C(C(C)(Cl)Cl)C1.CC1CC=CC1C(Cl)(Cl)Cl.CC1CCC=C1C(C)(Cl)Cl. The van der Waals surface area contributed by atoms with Crippen LogP contribution in [0.2, 0.25) is 0 Å². The molecule has 0 fully saturated rings. The molecule has 0 radical (unpaired) electrons. The van der Waals surface area contributed by atoms with Crippen molar-refractivity contribution in [3.8, 4) is 0 Å². The Hall–Kier alpha value is 2.21. The molecule has 348 valence electrons. The van der Waals surface area contributed by atoms with Gasteiger partial charge in [-0.15, -0.1) is 46.4 Å². The highest BCUT2D eigenvalue weighted by molar-refractivity contribution is 6.67. The molecule has 0 aromatic rings. The van der Waals surface area contributed by atoms with Crippen molar-refractivity contribution in [2.24, 2.45) is 53.3 Å². The average Bonchev–Trinajstić information content (AvgIpc) is 3.90. The molecule has 0 aliphatic heterocycles. The van der Waals surface area contributed by atoms with Gasteiger partial charge in [-0.25, -0.2) is 0 Å². The van der Waals surface area contributed by atoms with E-state index in [4.69, 9.17) is 151 Å². The Morgan fingerprint density at radius 1 is 0.550 bits per heavy atom. The van der Waals surface area contributed by atoms with E-state index >= 15 is 0 Å². The summed E-state index contributed by atoms with van der Waals surface area (Å²) in [5, 5.41) is 0. The minimum atomic E-state index is -1.12. The summed E-state index contributed by atoms with van der Waals surface area (Å²) in [5.74, 6) is 4.42. The normalized spacial score (nSPS) is 30.0. The first-order chi connectivity index (χ1) is 27.0. The molecule has 0 N–H and O–H groups in total. The van der Waals surface area contributed by atoms with Crippen molar-refractivity contribution in [1.29, 1.82) is 0 Å². The molecule has 0 nitrogen and oxygen atoms in total. The number of halogens is 13. The monoisotopic (exact) mass is 1090 g/mol. The molecular weight excluding hydrogens is 1030 g/mol. The van der Waals surface area contributed by atoms with Gasteiger partial charge in [-0.3, -0.25) is 0 Å². The van der Waals surface area contributed by atoms with Crippen LogP contribution in [0.5, 0.6) is 0 Å². The summed E-state index contributed by atoms with van der Waals surface area (Å²) in [6, 6.07) is 0. The lowest BCUT2D eigenvalue weighted by Gasteiger charge is -2.25. The molecule has 0 heterocycles. The molecule has 9 atom stereocenters. The van der Waals surface area contributed by atoms with Crippen molar-refractivity contribution in [2.45, 2.75) is 159 Å². The van der Waals surface area contributed by atoms with Crippen molar-refractivity contribution in [1.82, 2.24) is 0 Å². The van der Waals surface area contributed by atoms with E-state index in [1.165, 1.54) is 29.6 Å². The van der Waals surface area contributed by atoms with Crippen molar-refractivity contribution < 1.29 is 0 Å². The first-order valence-corrected chi connectivity index (χ1v) is 26.0. The van der Waals surface area contributed by atoms with Gasteiger partial charge in [0.05, 0.1) is 0 Å². The van der Waals surface area contributed by atoms with Crippen LogP contribution in [0, 0.1) is 53.3 Å². The minimum Gasteiger partial charge on any atom is -0.102 e. The maximum absolute atomic E-state index is 5.96.